The van der Waals surface area contributed by atoms with E-state index in [1.54, 1.807) is 0 Å². The second-order valence-corrected chi connectivity index (χ2v) is 10.9. The summed E-state index contributed by atoms with van der Waals surface area (Å²) in [5.41, 5.74) is 14.8. The van der Waals surface area contributed by atoms with Crippen molar-refractivity contribution in [1.29, 1.82) is 0 Å². The van der Waals surface area contributed by atoms with Gasteiger partial charge >= 0.3 is 0 Å². The van der Waals surface area contributed by atoms with Crippen LogP contribution in [0.4, 0.5) is 0 Å². The van der Waals surface area contributed by atoms with Crippen molar-refractivity contribution in [1.82, 2.24) is 15.0 Å². The zero-order valence-corrected chi connectivity index (χ0v) is 21.4. The molecular weight excluding hydrogens is 462 g/mol. The van der Waals surface area contributed by atoms with Gasteiger partial charge in [-0.3, -0.25) is 4.98 Å². The first-order chi connectivity index (χ1) is 18.6. The van der Waals surface area contributed by atoms with Crippen molar-refractivity contribution >= 4 is 10.9 Å². The zero-order valence-electron chi connectivity index (χ0n) is 21.4. The fourth-order valence-corrected chi connectivity index (χ4v) is 6.66. The lowest BCUT2D eigenvalue weighted by Crippen LogP contribution is -2.17. The molecule has 6 aromatic rings. The molecule has 0 N–H and O–H groups in total. The molecule has 0 atom stereocenters. The number of aromatic nitrogens is 3. The minimum absolute atomic E-state index is 0.0127. The minimum atomic E-state index is -0.0127. The summed E-state index contributed by atoms with van der Waals surface area (Å²) in [6.45, 7) is 4.74. The summed E-state index contributed by atoms with van der Waals surface area (Å²) in [4.78, 5) is 14.6. The topological polar surface area (TPSA) is 38.7 Å². The van der Waals surface area contributed by atoms with E-state index in [4.69, 9.17) is 9.97 Å². The Hall–Kier alpha value is -4.63. The third-order valence-corrected chi connectivity index (χ3v) is 8.36. The van der Waals surface area contributed by atoms with Crippen LogP contribution in [0.25, 0.3) is 55.9 Å². The average Bonchev–Trinajstić information content (AvgIpc) is 3.44. The van der Waals surface area contributed by atoms with Crippen LogP contribution in [-0.4, -0.2) is 15.0 Å². The molecule has 0 aliphatic heterocycles. The standard InChI is InChI=1S/C35H25N3/c1-35(2)29-11-5-3-9-25(29)26-17-16-24-23-15-14-21(19-22(23)20-28(24)32(26)35)34-37-30-12-6-4-10-27(30)33(38-34)31-13-7-8-18-36-31/h3-19H,20H2,1-2H3. The molecule has 3 heteroatoms. The first kappa shape index (κ1) is 21.5. The van der Waals surface area contributed by atoms with Crippen LogP contribution in [-0.2, 0) is 11.8 Å². The van der Waals surface area contributed by atoms with E-state index in [1.807, 2.05) is 36.5 Å². The fraction of sp³-hybridized carbons (Fsp3) is 0.114. The molecule has 0 bridgehead atoms. The SMILES string of the molecule is CC1(C)c2ccccc2-c2ccc3c(c21)Cc1cc(-c2nc(-c4ccccn4)c4ccccc4n2)ccc1-3. The van der Waals surface area contributed by atoms with E-state index in [-0.39, 0.29) is 5.41 Å². The Morgan fingerprint density at radius 2 is 1.47 bits per heavy atom. The molecule has 180 valence electrons. The van der Waals surface area contributed by atoms with Gasteiger partial charge in [0.15, 0.2) is 5.82 Å². The van der Waals surface area contributed by atoms with Crippen molar-refractivity contribution in [3.8, 4) is 45.0 Å². The van der Waals surface area contributed by atoms with Crippen LogP contribution in [0.15, 0.2) is 103 Å². The molecule has 2 aliphatic carbocycles. The van der Waals surface area contributed by atoms with Crippen molar-refractivity contribution in [2.24, 2.45) is 0 Å². The van der Waals surface area contributed by atoms with Gasteiger partial charge in [-0.2, -0.15) is 0 Å². The van der Waals surface area contributed by atoms with Gasteiger partial charge in [-0.05, 0) is 75.2 Å². The number of pyridine rings is 1. The first-order valence-electron chi connectivity index (χ1n) is 13.2. The first-order valence-corrected chi connectivity index (χ1v) is 13.2. The van der Waals surface area contributed by atoms with Crippen molar-refractivity contribution < 1.29 is 0 Å². The van der Waals surface area contributed by atoms with Crippen molar-refractivity contribution in [3.05, 3.63) is 126 Å². The molecule has 2 aromatic heterocycles. The summed E-state index contributed by atoms with van der Waals surface area (Å²) >= 11 is 0. The Labute approximate surface area is 221 Å². The van der Waals surface area contributed by atoms with Gasteiger partial charge in [-0.1, -0.05) is 86.6 Å². The molecular formula is C35H25N3. The summed E-state index contributed by atoms with van der Waals surface area (Å²) in [5, 5.41) is 1.01. The minimum Gasteiger partial charge on any atom is -0.255 e. The molecule has 0 unspecified atom stereocenters. The van der Waals surface area contributed by atoms with Gasteiger partial charge in [0.25, 0.3) is 0 Å². The van der Waals surface area contributed by atoms with Crippen molar-refractivity contribution in [2.75, 3.05) is 0 Å². The third-order valence-electron chi connectivity index (χ3n) is 8.36. The van der Waals surface area contributed by atoms with Gasteiger partial charge in [0, 0.05) is 22.6 Å². The Morgan fingerprint density at radius 1 is 0.684 bits per heavy atom. The summed E-state index contributed by atoms with van der Waals surface area (Å²) < 4.78 is 0. The summed E-state index contributed by atoms with van der Waals surface area (Å²) in [7, 11) is 0. The molecule has 0 radical (unpaired) electrons. The fourth-order valence-electron chi connectivity index (χ4n) is 6.66. The number of benzene rings is 4. The Morgan fingerprint density at radius 3 is 2.37 bits per heavy atom. The molecule has 0 saturated heterocycles. The largest absolute Gasteiger partial charge is 0.255 e. The quantitative estimate of drug-likeness (QED) is 0.246. The maximum Gasteiger partial charge on any atom is 0.160 e. The summed E-state index contributed by atoms with van der Waals surface area (Å²) in [6.07, 6.45) is 2.75. The highest BCUT2D eigenvalue weighted by molar-refractivity contribution is 5.93. The Bertz CT molecular complexity index is 1920. The third kappa shape index (κ3) is 2.93. The van der Waals surface area contributed by atoms with Crippen LogP contribution >= 0.6 is 0 Å². The van der Waals surface area contributed by atoms with Gasteiger partial charge < -0.3 is 0 Å². The van der Waals surface area contributed by atoms with Crippen LogP contribution in [0.1, 0.15) is 36.1 Å². The monoisotopic (exact) mass is 487 g/mol. The highest BCUT2D eigenvalue weighted by Crippen LogP contribution is 2.54. The molecule has 3 nitrogen and oxygen atoms in total. The van der Waals surface area contributed by atoms with Crippen LogP contribution in [0.2, 0.25) is 0 Å². The van der Waals surface area contributed by atoms with E-state index in [1.165, 1.54) is 44.5 Å². The van der Waals surface area contributed by atoms with E-state index in [0.717, 1.165) is 40.1 Å². The van der Waals surface area contributed by atoms with Crippen LogP contribution < -0.4 is 0 Å². The van der Waals surface area contributed by atoms with Crippen molar-refractivity contribution in [3.63, 3.8) is 0 Å². The van der Waals surface area contributed by atoms with E-state index in [2.05, 4.69) is 85.6 Å². The molecule has 8 rings (SSSR count). The van der Waals surface area contributed by atoms with E-state index < -0.39 is 0 Å². The second-order valence-electron chi connectivity index (χ2n) is 10.9. The van der Waals surface area contributed by atoms with Gasteiger partial charge in [0.2, 0.25) is 0 Å². The van der Waals surface area contributed by atoms with Crippen LogP contribution in [0.3, 0.4) is 0 Å². The smallest absolute Gasteiger partial charge is 0.160 e. The molecule has 2 heterocycles. The second kappa shape index (κ2) is 7.69. The average molecular weight is 488 g/mol. The number of para-hydroxylation sites is 1. The summed E-state index contributed by atoms with van der Waals surface area (Å²) in [5.74, 6) is 0.737. The number of hydrogen-bond acceptors (Lipinski definition) is 3. The zero-order chi connectivity index (χ0) is 25.4. The highest BCUT2D eigenvalue weighted by Gasteiger charge is 2.39. The number of fused-ring (bicyclic) bond motifs is 8. The van der Waals surface area contributed by atoms with Crippen LogP contribution in [0, 0.1) is 0 Å². The lowest BCUT2D eigenvalue weighted by Gasteiger charge is -2.24. The van der Waals surface area contributed by atoms with Crippen LogP contribution in [0.5, 0.6) is 0 Å². The van der Waals surface area contributed by atoms with E-state index in [0.29, 0.717) is 0 Å². The predicted octanol–water partition coefficient (Wildman–Crippen LogP) is 8.24. The van der Waals surface area contributed by atoms with Gasteiger partial charge in [-0.15, -0.1) is 0 Å². The molecule has 0 amide bonds. The highest BCUT2D eigenvalue weighted by atomic mass is 14.9. The number of rotatable bonds is 2. The van der Waals surface area contributed by atoms with Gasteiger partial charge in [0.05, 0.1) is 11.2 Å². The lowest BCUT2D eigenvalue weighted by atomic mass is 9.79. The summed E-state index contributed by atoms with van der Waals surface area (Å²) in [6, 6.07) is 34.4. The molecule has 0 spiro atoms. The number of hydrogen-bond donors (Lipinski definition) is 0. The lowest BCUT2D eigenvalue weighted by molar-refractivity contribution is 0.654. The number of nitrogens with zero attached hydrogens (tertiary/aromatic N) is 3. The maximum atomic E-state index is 5.05. The maximum absolute atomic E-state index is 5.05. The molecule has 2 aliphatic rings. The van der Waals surface area contributed by atoms with Gasteiger partial charge in [0.1, 0.15) is 5.69 Å². The molecule has 4 aromatic carbocycles. The molecule has 0 saturated carbocycles. The molecule has 38 heavy (non-hydrogen) atoms. The van der Waals surface area contributed by atoms with E-state index >= 15 is 0 Å². The Kier molecular flexibility index (Phi) is 4.34. The normalized spacial score (nSPS) is 14.2. The van der Waals surface area contributed by atoms with Crippen molar-refractivity contribution in [2.45, 2.75) is 25.7 Å². The Balaban J connectivity index is 1.27. The predicted molar refractivity (Wildman–Crippen MR) is 154 cm³/mol. The van der Waals surface area contributed by atoms with E-state index in [9.17, 15) is 0 Å². The van der Waals surface area contributed by atoms with Gasteiger partial charge in [-0.25, -0.2) is 9.97 Å². The molecule has 0 fully saturated rings.